The predicted molar refractivity (Wildman–Crippen MR) is 102 cm³/mol. The van der Waals surface area contributed by atoms with E-state index in [9.17, 15) is 4.79 Å². The highest BCUT2D eigenvalue weighted by molar-refractivity contribution is 5.92. The summed E-state index contributed by atoms with van der Waals surface area (Å²) < 4.78 is 10.1. The highest BCUT2D eigenvalue weighted by Crippen LogP contribution is 2.21. The number of esters is 1. The Kier molecular flexibility index (Phi) is 5.88. The zero-order valence-corrected chi connectivity index (χ0v) is 15.7. The third kappa shape index (κ3) is 4.35. The second-order valence-electron chi connectivity index (χ2n) is 6.30. The van der Waals surface area contributed by atoms with E-state index in [-0.39, 0.29) is 6.04 Å². The van der Waals surface area contributed by atoms with Gasteiger partial charge < -0.3 is 19.8 Å². The molecule has 0 saturated heterocycles. The fourth-order valence-electron chi connectivity index (χ4n) is 2.91. The minimum Gasteiger partial charge on any atom is -0.496 e. The molecule has 27 heavy (non-hydrogen) atoms. The molecule has 140 valence electrons. The molecule has 0 aliphatic heterocycles. The van der Waals surface area contributed by atoms with Crippen molar-refractivity contribution >= 4 is 5.97 Å². The Balaban J connectivity index is 1.68. The van der Waals surface area contributed by atoms with Crippen molar-refractivity contribution in [3.8, 4) is 17.0 Å². The lowest BCUT2D eigenvalue weighted by molar-refractivity contribution is -0.708. The SMILES string of the molecule is COC(=O)c1cc(C[NH2+]C(C)c2ncc(-c3ccccc3)[nH]2)ccc1OC. The number of carbonyl (C=O) groups is 1. The zero-order chi connectivity index (χ0) is 19.2. The number of carbonyl (C=O) groups excluding carboxylic acids is 1. The van der Waals surface area contributed by atoms with Crippen molar-refractivity contribution in [2.24, 2.45) is 0 Å². The van der Waals surface area contributed by atoms with Crippen molar-refractivity contribution in [3.05, 3.63) is 71.7 Å². The number of quaternary nitrogens is 1. The van der Waals surface area contributed by atoms with Crippen LogP contribution in [0.5, 0.6) is 5.75 Å². The molecule has 6 nitrogen and oxygen atoms in total. The maximum Gasteiger partial charge on any atom is 0.341 e. The molecule has 0 amide bonds. The molecule has 0 saturated carbocycles. The van der Waals surface area contributed by atoms with E-state index in [1.165, 1.54) is 14.2 Å². The molecule has 1 atom stereocenters. The van der Waals surface area contributed by atoms with Crippen LogP contribution in [0.4, 0.5) is 0 Å². The molecule has 1 heterocycles. The smallest absolute Gasteiger partial charge is 0.341 e. The number of ether oxygens (including phenoxy) is 2. The molecule has 0 radical (unpaired) electrons. The van der Waals surface area contributed by atoms with E-state index >= 15 is 0 Å². The minimum absolute atomic E-state index is 0.145. The van der Waals surface area contributed by atoms with Crippen LogP contribution in [0, 0.1) is 0 Å². The first-order chi connectivity index (χ1) is 13.1. The lowest BCUT2D eigenvalue weighted by atomic mass is 10.1. The van der Waals surface area contributed by atoms with E-state index in [1.54, 1.807) is 6.07 Å². The van der Waals surface area contributed by atoms with Gasteiger partial charge in [-0.25, -0.2) is 9.78 Å². The van der Waals surface area contributed by atoms with Crippen LogP contribution in [0.1, 0.15) is 34.7 Å². The van der Waals surface area contributed by atoms with Crippen LogP contribution in [0.25, 0.3) is 11.3 Å². The van der Waals surface area contributed by atoms with Gasteiger partial charge in [0.15, 0.2) is 5.82 Å². The van der Waals surface area contributed by atoms with Crippen LogP contribution in [-0.4, -0.2) is 30.2 Å². The molecule has 0 bridgehead atoms. The number of aromatic amines is 1. The molecule has 0 fully saturated rings. The second kappa shape index (κ2) is 8.51. The maximum atomic E-state index is 11.9. The molecule has 3 N–H and O–H groups in total. The Morgan fingerprint density at radius 2 is 1.96 bits per heavy atom. The summed E-state index contributed by atoms with van der Waals surface area (Å²) in [6.07, 6.45) is 1.86. The lowest BCUT2D eigenvalue weighted by Gasteiger charge is -2.11. The molecule has 1 aromatic heterocycles. The van der Waals surface area contributed by atoms with Crippen LogP contribution < -0.4 is 10.1 Å². The summed E-state index contributed by atoms with van der Waals surface area (Å²) in [4.78, 5) is 19.8. The number of hydrogen-bond acceptors (Lipinski definition) is 4. The molecule has 0 aliphatic carbocycles. The van der Waals surface area contributed by atoms with Gasteiger partial charge in [-0.2, -0.15) is 0 Å². The van der Waals surface area contributed by atoms with Gasteiger partial charge in [-0.3, -0.25) is 0 Å². The number of imidazole rings is 1. The van der Waals surface area contributed by atoms with E-state index in [4.69, 9.17) is 9.47 Å². The average molecular weight is 366 g/mol. The molecule has 0 aliphatic rings. The summed E-state index contributed by atoms with van der Waals surface area (Å²) in [7, 11) is 2.90. The summed E-state index contributed by atoms with van der Waals surface area (Å²) in [5.74, 6) is 1.02. The van der Waals surface area contributed by atoms with Gasteiger partial charge in [0.05, 0.1) is 26.1 Å². The van der Waals surface area contributed by atoms with Crippen molar-refractivity contribution in [2.45, 2.75) is 19.5 Å². The van der Waals surface area contributed by atoms with Gasteiger partial charge in [0.2, 0.25) is 0 Å². The Bertz CT molecular complexity index is 906. The second-order valence-corrected chi connectivity index (χ2v) is 6.30. The fourth-order valence-corrected chi connectivity index (χ4v) is 2.91. The first-order valence-corrected chi connectivity index (χ1v) is 8.81. The number of aromatic nitrogens is 2. The molecule has 3 rings (SSSR count). The van der Waals surface area contributed by atoms with Gasteiger partial charge in [-0.05, 0) is 30.7 Å². The summed E-state index contributed by atoms with van der Waals surface area (Å²) in [5.41, 5.74) is 3.56. The van der Waals surface area contributed by atoms with E-state index in [0.29, 0.717) is 17.9 Å². The molecule has 0 spiro atoms. The highest BCUT2D eigenvalue weighted by atomic mass is 16.5. The van der Waals surface area contributed by atoms with Crippen LogP contribution in [-0.2, 0) is 11.3 Å². The quantitative estimate of drug-likeness (QED) is 0.630. The van der Waals surface area contributed by atoms with Crippen molar-refractivity contribution in [3.63, 3.8) is 0 Å². The molecule has 3 aromatic rings. The molecule has 2 aromatic carbocycles. The van der Waals surface area contributed by atoms with Gasteiger partial charge in [-0.1, -0.05) is 30.3 Å². The third-order valence-corrected chi connectivity index (χ3v) is 4.49. The first-order valence-electron chi connectivity index (χ1n) is 8.81. The monoisotopic (exact) mass is 366 g/mol. The number of nitrogens with two attached hydrogens (primary N) is 1. The lowest BCUT2D eigenvalue weighted by Crippen LogP contribution is -2.83. The van der Waals surface area contributed by atoms with E-state index in [0.717, 1.165) is 22.6 Å². The van der Waals surface area contributed by atoms with Crippen molar-refractivity contribution in [1.29, 1.82) is 0 Å². The summed E-state index contributed by atoms with van der Waals surface area (Å²) in [5, 5.41) is 2.16. The number of hydrogen-bond donors (Lipinski definition) is 2. The topological polar surface area (TPSA) is 80.8 Å². The zero-order valence-electron chi connectivity index (χ0n) is 15.7. The van der Waals surface area contributed by atoms with Gasteiger partial charge in [0.25, 0.3) is 0 Å². The number of nitrogens with one attached hydrogen (secondary N) is 1. The Morgan fingerprint density at radius 1 is 1.19 bits per heavy atom. The van der Waals surface area contributed by atoms with Crippen LogP contribution in [0.3, 0.4) is 0 Å². The first kappa shape index (κ1) is 18.7. The van der Waals surface area contributed by atoms with Crippen molar-refractivity contribution < 1.29 is 19.6 Å². The molecular formula is C21H24N3O3+. The molecule has 1 unspecified atom stereocenters. The molecular weight excluding hydrogens is 342 g/mol. The average Bonchev–Trinajstić information content (AvgIpc) is 3.22. The summed E-state index contributed by atoms with van der Waals surface area (Å²) in [6, 6.07) is 15.8. The summed E-state index contributed by atoms with van der Waals surface area (Å²) in [6.45, 7) is 2.80. The number of H-pyrrole nitrogens is 1. The van der Waals surface area contributed by atoms with Gasteiger partial charge in [-0.15, -0.1) is 0 Å². The third-order valence-electron chi connectivity index (χ3n) is 4.49. The Morgan fingerprint density at radius 3 is 2.67 bits per heavy atom. The Hall–Kier alpha value is -3.12. The fraction of sp³-hybridized carbons (Fsp3) is 0.238. The number of rotatable bonds is 7. The Labute approximate surface area is 158 Å². The minimum atomic E-state index is -0.403. The largest absolute Gasteiger partial charge is 0.496 e. The highest BCUT2D eigenvalue weighted by Gasteiger charge is 2.16. The van der Waals surface area contributed by atoms with E-state index in [2.05, 4.69) is 34.3 Å². The van der Waals surface area contributed by atoms with E-state index < -0.39 is 5.97 Å². The van der Waals surface area contributed by atoms with E-state index in [1.807, 2.05) is 36.5 Å². The van der Waals surface area contributed by atoms with Gasteiger partial charge >= 0.3 is 5.97 Å². The van der Waals surface area contributed by atoms with Gasteiger partial charge in [0.1, 0.15) is 23.9 Å². The maximum absolute atomic E-state index is 11.9. The standard InChI is InChI=1S/C21H23N3O3/c1-14(20-23-13-18(24-20)16-7-5-4-6-8-16)22-12-15-9-10-19(26-2)17(11-15)21(25)27-3/h4-11,13-14,22H,12H2,1-3H3,(H,23,24)/p+1. The number of methoxy groups -OCH3 is 2. The van der Waals surface area contributed by atoms with Crippen molar-refractivity contribution in [1.82, 2.24) is 9.97 Å². The number of nitrogens with zero attached hydrogens (tertiary/aromatic N) is 1. The normalized spacial score (nSPS) is 11.8. The number of benzene rings is 2. The van der Waals surface area contributed by atoms with Crippen molar-refractivity contribution in [2.75, 3.05) is 14.2 Å². The summed E-state index contributed by atoms with van der Waals surface area (Å²) >= 11 is 0. The molecule has 6 heteroatoms. The predicted octanol–water partition coefficient (Wildman–Crippen LogP) is 2.70. The van der Waals surface area contributed by atoms with Crippen LogP contribution >= 0.6 is 0 Å². The van der Waals surface area contributed by atoms with Gasteiger partial charge in [0, 0.05) is 5.56 Å². The van der Waals surface area contributed by atoms with Crippen LogP contribution in [0.2, 0.25) is 0 Å². The van der Waals surface area contributed by atoms with Crippen LogP contribution in [0.15, 0.2) is 54.7 Å².